The van der Waals surface area contributed by atoms with Gasteiger partial charge in [-0.3, -0.25) is 4.79 Å². The van der Waals surface area contributed by atoms with Gasteiger partial charge in [0.1, 0.15) is 23.6 Å². The maximum absolute atomic E-state index is 13.1. The maximum Gasteiger partial charge on any atom is 0.235 e. The number of aryl methyl sites for hydroxylation is 1. The van der Waals surface area contributed by atoms with E-state index in [1.807, 2.05) is 17.5 Å². The van der Waals surface area contributed by atoms with Crippen molar-refractivity contribution in [3.8, 4) is 0 Å². The molecule has 1 aliphatic heterocycles. The van der Waals surface area contributed by atoms with Crippen LogP contribution in [0.15, 0.2) is 54.1 Å². The van der Waals surface area contributed by atoms with Gasteiger partial charge in [-0.15, -0.1) is 11.3 Å². The maximum atomic E-state index is 13.1. The van der Waals surface area contributed by atoms with Crippen LogP contribution in [-0.4, -0.2) is 20.7 Å². The van der Waals surface area contributed by atoms with Gasteiger partial charge in [-0.1, -0.05) is 12.6 Å². The van der Waals surface area contributed by atoms with Crippen LogP contribution in [0.5, 0.6) is 0 Å². The lowest BCUT2D eigenvalue weighted by atomic mass is 9.92. The molecule has 132 valence electrons. The van der Waals surface area contributed by atoms with Gasteiger partial charge in [0, 0.05) is 16.3 Å². The van der Waals surface area contributed by atoms with Crippen molar-refractivity contribution >= 4 is 28.9 Å². The van der Waals surface area contributed by atoms with E-state index in [9.17, 15) is 9.18 Å². The van der Waals surface area contributed by atoms with Crippen molar-refractivity contribution in [3.63, 3.8) is 0 Å². The number of anilines is 2. The van der Waals surface area contributed by atoms with Gasteiger partial charge in [-0.05, 0) is 42.6 Å². The summed E-state index contributed by atoms with van der Waals surface area (Å²) in [4.78, 5) is 18.4. The molecular weight excluding hydrogens is 353 g/mol. The first-order valence-electron chi connectivity index (χ1n) is 8.02. The summed E-state index contributed by atoms with van der Waals surface area (Å²) < 4.78 is 14.8. The molecule has 0 saturated heterocycles. The van der Waals surface area contributed by atoms with E-state index in [4.69, 9.17) is 0 Å². The van der Waals surface area contributed by atoms with Crippen molar-refractivity contribution in [2.24, 2.45) is 5.92 Å². The van der Waals surface area contributed by atoms with E-state index in [2.05, 4.69) is 27.3 Å². The van der Waals surface area contributed by atoms with Gasteiger partial charge in [0.2, 0.25) is 11.9 Å². The van der Waals surface area contributed by atoms with Crippen molar-refractivity contribution in [1.82, 2.24) is 14.8 Å². The lowest BCUT2D eigenvalue weighted by molar-refractivity contribution is -0.119. The van der Waals surface area contributed by atoms with Crippen LogP contribution >= 0.6 is 11.3 Å². The molecule has 3 heterocycles. The van der Waals surface area contributed by atoms with Gasteiger partial charge in [0.05, 0.1) is 0 Å². The summed E-state index contributed by atoms with van der Waals surface area (Å²) in [5.74, 6) is -0.0114. The number of hydrogen-bond donors (Lipinski definition) is 2. The third-order valence-corrected chi connectivity index (χ3v) is 5.14. The number of fused-ring (bicyclic) bond motifs is 1. The first-order chi connectivity index (χ1) is 12.5. The molecule has 0 bridgehead atoms. The number of halogens is 1. The number of rotatable bonds is 3. The van der Waals surface area contributed by atoms with Gasteiger partial charge >= 0.3 is 0 Å². The second-order valence-electron chi connectivity index (χ2n) is 6.01. The van der Waals surface area contributed by atoms with Crippen LogP contribution in [0.2, 0.25) is 0 Å². The van der Waals surface area contributed by atoms with Gasteiger partial charge < -0.3 is 10.6 Å². The average Bonchev–Trinajstić information content (AvgIpc) is 3.24. The number of benzene rings is 1. The molecule has 0 spiro atoms. The van der Waals surface area contributed by atoms with Crippen LogP contribution < -0.4 is 10.6 Å². The first-order valence-corrected chi connectivity index (χ1v) is 8.89. The normalized spacial score (nSPS) is 18.9. The monoisotopic (exact) mass is 369 g/mol. The number of carbonyl (C=O) groups is 1. The van der Waals surface area contributed by atoms with E-state index in [1.165, 1.54) is 24.3 Å². The molecule has 26 heavy (non-hydrogen) atoms. The molecule has 1 aliphatic rings. The largest absolute Gasteiger partial charge is 0.328 e. The van der Waals surface area contributed by atoms with Crippen molar-refractivity contribution in [2.75, 3.05) is 10.6 Å². The zero-order chi connectivity index (χ0) is 18.3. The first kappa shape index (κ1) is 16.5. The zero-order valence-corrected chi connectivity index (χ0v) is 14.8. The predicted molar refractivity (Wildman–Crippen MR) is 98.5 cm³/mol. The molecule has 8 heteroatoms. The van der Waals surface area contributed by atoms with Crippen LogP contribution in [0.4, 0.5) is 16.0 Å². The van der Waals surface area contributed by atoms with E-state index in [0.29, 0.717) is 23.2 Å². The molecular formula is C18H16FN5OS. The molecule has 1 amide bonds. The van der Waals surface area contributed by atoms with Gasteiger partial charge in [0.15, 0.2) is 0 Å². The fourth-order valence-electron chi connectivity index (χ4n) is 3.06. The summed E-state index contributed by atoms with van der Waals surface area (Å²) in [6.07, 6.45) is 0. The van der Waals surface area contributed by atoms with Crippen molar-refractivity contribution in [2.45, 2.75) is 13.0 Å². The van der Waals surface area contributed by atoms with Gasteiger partial charge in [-0.2, -0.15) is 10.1 Å². The molecule has 6 nitrogen and oxygen atoms in total. The quantitative estimate of drug-likeness (QED) is 0.740. The lowest BCUT2D eigenvalue weighted by Crippen LogP contribution is -2.39. The standard InChI is InChI=1S/C18H16FN5OS/c1-10-15(17(25)22-13-7-5-12(19)6-8-13)16(14-4-3-9-26-14)24-18(20-10)21-11(2)23-24/h3-9,15-16H,1H2,2H3,(H,22,25)(H,20,21,23). The van der Waals surface area contributed by atoms with Crippen molar-refractivity contribution in [3.05, 3.63) is 70.6 Å². The smallest absolute Gasteiger partial charge is 0.235 e. The summed E-state index contributed by atoms with van der Waals surface area (Å²) in [5.41, 5.74) is 1.07. The fraction of sp³-hybridized carbons (Fsp3) is 0.167. The molecule has 4 rings (SSSR count). The molecule has 2 aromatic heterocycles. The van der Waals surface area contributed by atoms with E-state index in [-0.39, 0.29) is 17.8 Å². The molecule has 0 fully saturated rings. The summed E-state index contributed by atoms with van der Waals surface area (Å²) in [7, 11) is 0. The Labute approximate surface area is 153 Å². The average molecular weight is 369 g/mol. The van der Waals surface area contributed by atoms with Crippen LogP contribution in [0, 0.1) is 18.7 Å². The highest BCUT2D eigenvalue weighted by atomic mass is 32.1. The fourth-order valence-corrected chi connectivity index (χ4v) is 3.91. The molecule has 1 aromatic carbocycles. The minimum atomic E-state index is -0.590. The summed E-state index contributed by atoms with van der Waals surface area (Å²) >= 11 is 1.55. The molecule has 2 atom stereocenters. The Hall–Kier alpha value is -3.00. The minimum absolute atomic E-state index is 0.244. The van der Waals surface area contributed by atoms with Crippen molar-refractivity contribution in [1.29, 1.82) is 0 Å². The predicted octanol–water partition coefficient (Wildman–Crippen LogP) is 3.57. The van der Waals surface area contributed by atoms with Crippen LogP contribution in [0.3, 0.4) is 0 Å². The summed E-state index contributed by atoms with van der Waals surface area (Å²) in [6.45, 7) is 5.83. The van der Waals surface area contributed by atoms with Gasteiger partial charge in [-0.25, -0.2) is 9.07 Å². The van der Waals surface area contributed by atoms with Gasteiger partial charge in [0.25, 0.3) is 0 Å². The Morgan fingerprint density at radius 2 is 2.12 bits per heavy atom. The van der Waals surface area contributed by atoms with E-state index in [0.717, 1.165) is 4.88 Å². The molecule has 0 saturated carbocycles. The van der Waals surface area contributed by atoms with E-state index in [1.54, 1.807) is 22.9 Å². The number of hydrogen-bond acceptors (Lipinski definition) is 5. The number of nitrogens with one attached hydrogen (secondary N) is 2. The van der Waals surface area contributed by atoms with Crippen LogP contribution in [0.25, 0.3) is 0 Å². The Bertz CT molecular complexity index is 964. The van der Waals surface area contributed by atoms with E-state index < -0.39 is 5.92 Å². The highest BCUT2D eigenvalue weighted by molar-refractivity contribution is 7.10. The lowest BCUT2D eigenvalue weighted by Gasteiger charge is -2.32. The van der Waals surface area contributed by atoms with Crippen molar-refractivity contribution < 1.29 is 9.18 Å². The number of thiophene rings is 1. The number of nitrogens with zero attached hydrogens (tertiary/aromatic N) is 3. The van der Waals surface area contributed by atoms with Crippen LogP contribution in [-0.2, 0) is 4.79 Å². The van der Waals surface area contributed by atoms with E-state index >= 15 is 0 Å². The number of aromatic nitrogens is 3. The highest BCUT2D eigenvalue weighted by Crippen LogP contribution is 2.39. The highest BCUT2D eigenvalue weighted by Gasteiger charge is 2.40. The molecule has 3 aromatic rings. The second kappa shape index (κ2) is 6.38. The second-order valence-corrected chi connectivity index (χ2v) is 6.99. The Balaban J connectivity index is 1.71. The molecule has 0 aliphatic carbocycles. The Morgan fingerprint density at radius 3 is 2.81 bits per heavy atom. The molecule has 0 radical (unpaired) electrons. The zero-order valence-electron chi connectivity index (χ0n) is 13.9. The minimum Gasteiger partial charge on any atom is -0.328 e. The third-order valence-electron chi connectivity index (χ3n) is 4.19. The Kier molecular flexibility index (Phi) is 4.04. The third kappa shape index (κ3) is 2.88. The number of carbonyl (C=O) groups excluding carboxylic acids is 1. The summed E-state index contributed by atoms with van der Waals surface area (Å²) in [5, 5.41) is 12.3. The molecule has 2 N–H and O–H groups in total. The Morgan fingerprint density at radius 1 is 1.35 bits per heavy atom. The topological polar surface area (TPSA) is 71.8 Å². The summed E-state index contributed by atoms with van der Waals surface area (Å²) in [6, 6.07) is 9.21. The van der Waals surface area contributed by atoms with Crippen LogP contribution in [0.1, 0.15) is 16.7 Å². The number of amides is 1. The SMILES string of the molecule is C=C1Nc2nc(C)nn2C(c2cccs2)C1C(=O)Nc1ccc(F)cc1. The molecule has 2 unspecified atom stereocenters.